The molecule has 0 spiro atoms. The van der Waals surface area contributed by atoms with Crippen LogP contribution in [0.1, 0.15) is 37.3 Å². The molecule has 144 valence electrons. The van der Waals surface area contributed by atoms with Gasteiger partial charge >= 0.3 is 6.61 Å². The van der Waals surface area contributed by atoms with Crippen LogP contribution in [0.15, 0.2) is 23.1 Å². The van der Waals surface area contributed by atoms with Crippen molar-refractivity contribution in [3.05, 3.63) is 34.2 Å². The highest BCUT2D eigenvalue weighted by molar-refractivity contribution is 7.93. The van der Waals surface area contributed by atoms with Crippen LogP contribution < -0.4 is 9.46 Å². The second-order valence-electron chi connectivity index (χ2n) is 6.70. The Morgan fingerprint density at radius 2 is 2.15 bits per heavy atom. The summed E-state index contributed by atoms with van der Waals surface area (Å²) in [5.41, 5.74) is 1.55. The van der Waals surface area contributed by atoms with Crippen molar-refractivity contribution < 1.29 is 21.9 Å². The van der Waals surface area contributed by atoms with Gasteiger partial charge in [0.1, 0.15) is 5.75 Å². The highest BCUT2D eigenvalue weighted by Crippen LogP contribution is 2.30. The van der Waals surface area contributed by atoms with E-state index in [1.54, 1.807) is 18.2 Å². The molecule has 5 nitrogen and oxygen atoms in total. The van der Waals surface area contributed by atoms with E-state index < -0.39 is 16.6 Å². The van der Waals surface area contributed by atoms with E-state index >= 15 is 0 Å². The summed E-state index contributed by atoms with van der Waals surface area (Å²) in [5.74, 6) is 0.0958. The number of nitrogens with one attached hydrogen (secondary N) is 1. The minimum Gasteiger partial charge on any atom is -0.435 e. The third-order valence-corrected chi connectivity index (χ3v) is 6.57. The fourth-order valence-corrected chi connectivity index (χ4v) is 5.00. The fraction of sp³-hybridized carbons (Fsp3) is 0.556. The van der Waals surface area contributed by atoms with Crippen LogP contribution in [0.2, 0.25) is 0 Å². The molecule has 1 aliphatic carbocycles. The molecule has 1 atom stereocenters. The normalized spacial score (nSPS) is 21.4. The Hall–Kier alpha value is -1.51. The third-order valence-electron chi connectivity index (χ3n) is 4.92. The van der Waals surface area contributed by atoms with Gasteiger partial charge in [0.15, 0.2) is 0 Å². The average molecular weight is 386 g/mol. The number of aryl methyl sites for hydroxylation is 1. The predicted octanol–water partition coefficient (Wildman–Crippen LogP) is 2.98. The molecular formula is C18H24F2N2O3S. The molecule has 0 bridgehead atoms. The standard InChI is InChI=1S/C18H24F2N2O3S/c1-2-22-9-3-4-15(12-22)21-26(23,24)17-8-6-13-10-16(25-18(19)20)7-5-14(13)11-17/h5,7,10-11,15,18,21H,2-4,6,8-9,12H2,1H3. The second-order valence-corrected chi connectivity index (χ2v) is 8.47. The number of likely N-dealkylation sites (N-methyl/N-ethyl adjacent to an activating group) is 1. The zero-order valence-electron chi connectivity index (χ0n) is 14.7. The molecule has 8 heteroatoms. The summed E-state index contributed by atoms with van der Waals surface area (Å²) in [5, 5.41) is 0. The van der Waals surface area contributed by atoms with Gasteiger partial charge in [-0.3, -0.25) is 0 Å². The Morgan fingerprint density at radius 3 is 2.88 bits per heavy atom. The maximum Gasteiger partial charge on any atom is 0.387 e. The fourth-order valence-electron chi connectivity index (χ4n) is 3.57. The van der Waals surface area contributed by atoms with Gasteiger partial charge in [-0.15, -0.1) is 0 Å². The van der Waals surface area contributed by atoms with Crippen molar-refractivity contribution in [2.45, 2.75) is 45.3 Å². The molecule has 1 aromatic rings. The number of ether oxygens (including phenoxy) is 1. The van der Waals surface area contributed by atoms with Crippen molar-refractivity contribution in [2.24, 2.45) is 0 Å². The van der Waals surface area contributed by atoms with Gasteiger partial charge in [-0.1, -0.05) is 13.0 Å². The summed E-state index contributed by atoms with van der Waals surface area (Å²) >= 11 is 0. The van der Waals surface area contributed by atoms with Crippen LogP contribution >= 0.6 is 0 Å². The van der Waals surface area contributed by atoms with Crippen molar-refractivity contribution in [1.29, 1.82) is 0 Å². The van der Waals surface area contributed by atoms with Gasteiger partial charge in [-0.05, 0) is 68.1 Å². The molecule has 1 heterocycles. The largest absolute Gasteiger partial charge is 0.435 e. The van der Waals surface area contributed by atoms with E-state index in [0.29, 0.717) is 17.7 Å². The Labute approximate surface area is 153 Å². The summed E-state index contributed by atoms with van der Waals surface area (Å²) < 4.78 is 57.4. The van der Waals surface area contributed by atoms with Crippen LogP contribution in [-0.2, 0) is 16.4 Å². The van der Waals surface area contributed by atoms with Gasteiger partial charge in [-0.2, -0.15) is 8.78 Å². The molecule has 1 aliphatic heterocycles. The molecule has 0 radical (unpaired) electrons. The number of fused-ring (bicyclic) bond motifs is 1. The third kappa shape index (κ3) is 4.61. The second kappa shape index (κ2) is 8.02. The number of sulfonamides is 1. The first-order valence-electron chi connectivity index (χ1n) is 8.90. The smallest absolute Gasteiger partial charge is 0.387 e. The lowest BCUT2D eigenvalue weighted by atomic mass is 9.97. The molecule has 1 saturated heterocycles. The van der Waals surface area contributed by atoms with E-state index in [2.05, 4.69) is 21.3 Å². The molecule has 1 aromatic carbocycles. The number of hydrogen-bond acceptors (Lipinski definition) is 4. The van der Waals surface area contributed by atoms with Crippen LogP contribution in [0.25, 0.3) is 6.08 Å². The van der Waals surface area contributed by atoms with E-state index in [1.165, 1.54) is 6.07 Å². The monoisotopic (exact) mass is 386 g/mol. The summed E-state index contributed by atoms with van der Waals surface area (Å²) in [6.45, 7) is 1.85. The summed E-state index contributed by atoms with van der Waals surface area (Å²) in [7, 11) is -3.55. The molecule has 1 unspecified atom stereocenters. The Morgan fingerprint density at radius 1 is 1.35 bits per heavy atom. The Bertz CT molecular complexity index is 781. The number of likely N-dealkylation sites (tertiary alicyclic amines) is 1. The molecule has 3 rings (SSSR count). The van der Waals surface area contributed by atoms with Gasteiger partial charge in [-0.25, -0.2) is 13.1 Å². The zero-order valence-corrected chi connectivity index (χ0v) is 15.6. The van der Waals surface area contributed by atoms with Crippen LogP contribution in [-0.4, -0.2) is 45.6 Å². The van der Waals surface area contributed by atoms with Crippen molar-refractivity contribution in [3.8, 4) is 5.75 Å². The average Bonchev–Trinajstić information content (AvgIpc) is 2.60. The molecule has 2 aliphatic rings. The quantitative estimate of drug-likeness (QED) is 0.817. The van der Waals surface area contributed by atoms with Gasteiger partial charge < -0.3 is 9.64 Å². The zero-order chi connectivity index (χ0) is 18.7. The van der Waals surface area contributed by atoms with Crippen molar-refractivity contribution in [2.75, 3.05) is 19.6 Å². The van der Waals surface area contributed by atoms with E-state index in [1.807, 2.05) is 0 Å². The summed E-state index contributed by atoms with van der Waals surface area (Å²) in [6.07, 6.45) is 4.29. The van der Waals surface area contributed by atoms with Crippen molar-refractivity contribution in [3.63, 3.8) is 0 Å². The highest BCUT2D eigenvalue weighted by Gasteiger charge is 2.27. The molecule has 1 fully saturated rings. The first-order chi connectivity index (χ1) is 12.4. The number of halogens is 2. The van der Waals surface area contributed by atoms with E-state index in [-0.39, 0.29) is 11.8 Å². The van der Waals surface area contributed by atoms with Gasteiger partial charge in [0.25, 0.3) is 0 Å². The van der Waals surface area contributed by atoms with Crippen LogP contribution in [0.4, 0.5) is 8.78 Å². The number of allylic oxidation sites excluding steroid dienone is 1. The lowest BCUT2D eigenvalue weighted by Gasteiger charge is -2.32. The number of piperidine rings is 1. The molecular weight excluding hydrogens is 362 g/mol. The topological polar surface area (TPSA) is 58.6 Å². The molecule has 0 aromatic heterocycles. The Kier molecular flexibility index (Phi) is 5.94. The molecule has 26 heavy (non-hydrogen) atoms. The first-order valence-corrected chi connectivity index (χ1v) is 10.4. The number of nitrogens with zero attached hydrogens (tertiary/aromatic N) is 1. The Balaban J connectivity index is 1.74. The molecule has 0 amide bonds. The lowest BCUT2D eigenvalue weighted by molar-refractivity contribution is -0.0498. The van der Waals surface area contributed by atoms with E-state index in [9.17, 15) is 17.2 Å². The molecule has 1 N–H and O–H groups in total. The van der Waals surface area contributed by atoms with Crippen LogP contribution in [0.5, 0.6) is 5.75 Å². The van der Waals surface area contributed by atoms with Gasteiger partial charge in [0, 0.05) is 12.6 Å². The van der Waals surface area contributed by atoms with Gasteiger partial charge in [0.05, 0.1) is 4.91 Å². The highest BCUT2D eigenvalue weighted by atomic mass is 32.2. The van der Waals surface area contributed by atoms with E-state index in [4.69, 9.17) is 0 Å². The van der Waals surface area contributed by atoms with Crippen molar-refractivity contribution >= 4 is 16.1 Å². The number of alkyl halides is 2. The summed E-state index contributed by atoms with van der Waals surface area (Å²) in [4.78, 5) is 2.59. The number of hydrogen-bond donors (Lipinski definition) is 1. The number of benzene rings is 1. The van der Waals surface area contributed by atoms with Crippen molar-refractivity contribution in [1.82, 2.24) is 9.62 Å². The SMILES string of the molecule is CCN1CCCC(NS(=O)(=O)C2=Cc3ccc(OC(F)F)cc3CC2)C1. The first kappa shape index (κ1) is 19.3. The lowest BCUT2D eigenvalue weighted by Crippen LogP contribution is -2.47. The number of rotatable bonds is 6. The maximum absolute atomic E-state index is 12.7. The van der Waals surface area contributed by atoms with Gasteiger partial charge in [0.2, 0.25) is 10.0 Å². The van der Waals surface area contributed by atoms with Crippen LogP contribution in [0, 0.1) is 0 Å². The minimum atomic E-state index is -3.55. The van der Waals surface area contributed by atoms with E-state index in [0.717, 1.165) is 43.6 Å². The predicted molar refractivity (Wildman–Crippen MR) is 96.6 cm³/mol. The summed E-state index contributed by atoms with van der Waals surface area (Å²) in [6, 6.07) is 4.54. The minimum absolute atomic E-state index is 0.0715. The molecule has 0 saturated carbocycles. The maximum atomic E-state index is 12.7. The van der Waals surface area contributed by atoms with Crippen LogP contribution in [0.3, 0.4) is 0 Å².